The lowest BCUT2D eigenvalue weighted by atomic mass is 9.77. The van der Waals surface area contributed by atoms with Crippen molar-refractivity contribution in [1.29, 1.82) is 0 Å². The van der Waals surface area contributed by atoms with Gasteiger partial charge < -0.3 is 4.74 Å². The van der Waals surface area contributed by atoms with E-state index in [4.69, 9.17) is 16.3 Å². The van der Waals surface area contributed by atoms with Gasteiger partial charge in [-0.25, -0.2) is 4.90 Å². The maximum Gasteiger partial charge on any atom is 0.241 e. The van der Waals surface area contributed by atoms with Crippen molar-refractivity contribution >= 4 is 56.6 Å². The third-order valence-corrected chi connectivity index (χ3v) is 8.07. The molecule has 35 heavy (non-hydrogen) atoms. The number of anilines is 1. The Morgan fingerprint density at radius 3 is 2.11 bits per heavy atom. The molecule has 6 rings (SSSR count). The van der Waals surface area contributed by atoms with E-state index in [1.54, 1.807) is 66.7 Å². The number of hydrogen-bond acceptors (Lipinski definition) is 5. The average Bonchev–Trinajstić information content (AvgIpc) is 3.42. The van der Waals surface area contributed by atoms with Gasteiger partial charge >= 0.3 is 0 Å². The van der Waals surface area contributed by atoms with Crippen LogP contribution in [0.25, 0.3) is 0 Å². The fraction of sp³-hybridized carbons (Fsp3) is 0.185. The van der Waals surface area contributed by atoms with Crippen LogP contribution in [0.1, 0.15) is 37.9 Å². The highest BCUT2D eigenvalue weighted by molar-refractivity contribution is 9.10. The van der Waals surface area contributed by atoms with E-state index in [9.17, 15) is 19.2 Å². The third kappa shape index (κ3) is 2.92. The Balaban J connectivity index is 1.55. The summed E-state index contributed by atoms with van der Waals surface area (Å²) in [6.45, 7) is 1.81. The Bertz CT molecular complexity index is 1430. The van der Waals surface area contributed by atoms with Crippen molar-refractivity contribution in [2.75, 3.05) is 4.90 Å². The highest BCUT2D eigenvalue weighted by atomic mass is 79.9. The standard InChI is InChI=1S/C27H17BrClNO5/c1-13-12-14(6-11-19(13)29)22-20-21(26(34)30(25(20)33)16-9-7-15(28)8-10-16)27(35-22)23(31)17-4-2-3-5-18(17)24(27)32/h2-12,20-22H,1H3/t20-,21+,22+/m1/s1. The van der Waals surface area contributed by atoms with Crippen LogP contribution >= 0.6 is 27.5 Å². The molecule has 3 aromatic rings. The van der Waals surface area contributed by atoms with E-state index in [0.29, 0.717) is 16.3 Å². The van der Waals surface area contributed by atoms with Crippen LogP contribution in [0.4, 0.5) is 5.69 Å². The first-order valence-electron chi connectivity index (χ1n) is 11.0. The number of rotatable bonds is 2. The summed E-state index contributed by atoms with van der Waals surface area (Å²) in [4.78, 5) is 56.3. The number of benzene rings is 3. The molecule has 3 atom stereocenters. The monoisotopic (exact) mass is 549 g/mol. The number of imide groups is 1. The number of carbonyl (C=O) groups is 4. The number of hydrogen-bond donors (Lipinski definition) is 0. The molecule has 2 aliphatic heterocycles. The molecule has 1 spiro atoms. The molecule has 0 bridgehead atoms. The van der Waals surface area contributed by atoms with Gasteiger partial charge in [-0.05, 0) is 48.4 Å². The summed E-state index contributed by atoms with van der Waals surface area (Å²) < 4.78 is 7.07. The molecule has 2 saturated heterocycles. The van der Waals surface area contributed by atoms with E-state index < -0.39 is 46.9 Å². The van der Waals surface area contributed by atoms with Gasteiger partial charge in [0.1, 0.15) is 0 Å². The van der Waals surface area contributed by atoms with Crippen LogP contribution in [-0.4, -0.2) is 29.0 Å². The quantitative estimate of drug-likeness (QED) is 0.327. The molecule has 0 N–H and O–H groups in total. The van der Waals surface area contributed by atoms with Crippen molar-refractivity contribution in [3.8, 4) is 0 Å². The Morgan fingerprint density at radius 1 is 0.886 bits per heavy atom. The molecule has 0 unspecified atom stereocenters. The molecule has 3 aliphatic rings. The molecule has 0 saturated carbocycles. The average molecular weight is 551 g/mol. The topological polar surface area (TPSA) is 80.8 Å². The lowest BCUT2D eigenvalue weighted by Crippen LogP contribution is -2.51. The van der Waals surface area contributed by atoms with E-state index >= 15 is 0 Å². The number of amides is 2. The Labute approximate surface area is 214 Å². The molecule has 2 fully saturated rings. The van der Waals surface area contributed by atoms with Crippen LogP contribution in [-0.2, 0) is 14.3 Å². The van der Waals surface area contributed by atoms with E-state index in [1.165, 1.54) is 0 Å². The highest BCUT2D eigenvalue weighted by Crippen LogP contribution is 2.57. The normalized spacial score (nSPS) is 24.4. The molecule has 2 amide bonds. The molecule has 2 heterocycles. The van der Waals surface area contributed by atoms with Gasteiger partial charge in [0.25, 0.3) is 0 Å². The van der Waals surface area contributed by atoms with Gasteiger partial charge in [0.05, 0.1) is 23.6 Å². The fourth-order valence-corrected chi connectivity index (χ4v) is 5.89. The second-order valence-electron chi connectivity index (χ2n) is 8.98. The van der Waals surface area contributed by atoms with Crippen LogP contribution in [0.15, 0.2) is 71.2 Å². The fourth-order valence-electron chi connectivity index (χ4n) is 5.51. The van der Waals surface area contributed by atoms with Gasteiger partial charge in [-0.3, -0.25) is 19.2 Å². The zero-order valence-electron chi connectivity index (χ0n) is 18.3. The van der Waals surface area contributed by atoms with Crippen LogP contribution in [0.5, 0.6) is 0 Å². The summed E-state index contributed by atoms with van der Waals surface area (Å²) in [5.74, 6) is -4.63. The van der Waals surface area contributed by atoms with Gasteiger partial charge in [0.2, 0.25) is 29.0 Å². The Kier molecular flexibility index (Phi) is 4.90. The molecule has 8 heteroatoms. The number of fused-ring (bicyclic) bond motifs is 3. The van der Waals surface area contributed by atoms with Crippen LogP contribution in [0.3, 0.4) is 0 Å². The number of ketones is 2. The van der Waals surface area contributed by atoms with Crippen molar-refractivity contribution in [2.45, 2.75) is 18.6 Å². The van der Waals surface area contributed by atoms with Crippen molar-refractivity contribution < 1.29 is 23.9 Å². The zero-order chi connectivity index (χ0) is 24.6. The Hall–Kier alpha value is -3.13. The second-order valence-corrected chi connectivity index (χ2v) is 10.3. The SMILES string of the molecule is Cc1cc([C@@H]2OC3(C(=O)c4ccccc4C3=O)[C@@H]3C(=O)N(c4ccc(Br)cc4)C(=O)[C@H]32)ccc1Cl. The maximum atomic E-state index is 13.9. The highest BCUT2D eigenvalue weighted by Gasteiger charge is 2.74. The maximum absolute atomic E-state index is 13.9. The van der Waals surface area contributed by atoms with E-state index in [2.05, 4.69) is 15.9 Å². The van der Waals surface area contributed by atoms with Crippen molar-refractivity contribution in [2.24, 2.45) is 11.8 Å². The predicted octanol–water partition coefficient (Wildman–Crippen LogP) is 5.11. The number of ether oxygens (including phenoxy) is 1. The number of nitrogens with zero attached hydrogens (tertiary/aromatic N) is 1. The summed E-state index contributed by atoms with van der Waals surface area (Å²) in [7, 11) is 0. The van der Waals surface area contributed by atoms with E-state index in [1.807, 2.05) is 6.92 Å². The van der Waals surface area contributed by atoms with Crippen LogP contribution in [0.2, 0.25) is 5.02 Å². The molecule has 0 aromatic heterocycles. The summed E-state index contributed by atoms with van der Waals surface area (Å²) in [6.07, 6.45) is -0.977. The number of Topliss-reactive ketones (excluding diaryl/α,β-unsaturated/α-hetero) is 2. The molecule has 3 aromatic carbocycles. The largest absolute Gasteiger partial charge is 0.349 e. The lowest BCUT2D eigenvalue weighted by molar-refractivity contribution is -0.127. The summed E-state index contributed by atoms with van der Waals surface area (Å²) in [6, 6.07) is 18.3. The lowest BCUT2D eigenvalue weighted by Gasteiger charge is -2.27. The van der Waals surface area contributed by atoms with Gasteiger partial charge in [-0.2, -0.15) is 0 Å². The van der Waals surface area contributed by atoms with Crippen LogP contribution < -0.4 is 4.90 Å². The first kappa shape index (κ1) is 22.3. The first-order valence-corrected chi connectivity index (χ1v) is 12.2. The summed E-state index contributed by atoms with van der Waals surface area (Å²) in [5.41, 5.74) is 0.00390. The minimum atomic E-state index is -2.09. The van der Waals surface area contributed by atoms with Gasteiger partial charge in [0.15, 0.2) is 0 Å². The number of halogens is 2. The molecule has 0 radical (unpaired) electrons. The van der Waals surface area contributed by atoms with E-state index in [0.717, 1.165) is 14.9 Å². The number of aryl methyl sites for hydroxylation is 1. The third-order valence-electron chi connectivity index (χ3n) is 7.11. The van der Waals surface area contributed by atoms with Gasteiger partial charge in [-0.1, -0.05) is 63.9 Å². The van der Waals surface area contributed by atoms with Gasteiger partial charge in [0, 0.05) is 20.6 Å². The second kappa shape index (κ2) is 7.68. The minimum absolute atomic E-state index is 0.200. The number of carbonyl (C=O) groups excluding carboxylic acids is 4. The van der Waals surface area contributed by atoms with Gasteiger partial charge in [-0.15, -0.1) is 0 Å². The Morgan fingerprint density at radius 2 is 1.51 bits per heavy atom. The molecular weight excluding hydrogens is 534 g/mol. The summed E-state index contributed by atoms with van der Waals surface area (Å²) >= 11 is 9.57. The predicted molar refractivity (Wildman–Crippen MR) is 131 cm³/mol. The molecule has 174 valence electrons. The molecule has 6 nitrogen and oxygen atoms in total. The first-order chi connectivity index (χ1) is 16.8. The van der Waals surface area contributed by atoms with Crippen LogP contribution in [0, 0.1) is 18.8 Å². The molecule has 1 aliphatic carbocycles. The minimum Gasteiger partial charge on any atom is -0.349 e. The van der Waals surface area contributed by atoms with Crippen molar-refractivity contribution in [3.63, 3.8) is 0 Å². The molecular formula is C27H17BrClNO5. The smallest absolute Gasteiger partial charge is 0.241 e. The summed E-state index contributed by atoms with van der Waals surface area (Å²) in [5, 5.41) is 0.531. The van der Waals surface area contributed by atoms with E-state index in [-0.39, 0.29) is 11.1 Å². The van der Waals surface area contributed by atoms with Crippen molar-refractivity contribution in [3.05, 3.63) is 98.5 Å². The zero-order valence-corrected chi connectivity index (χ0v) is 20.7. The van der Waals surface area contributed by atoms with Crippen molar-refractivity contribution in [1.82, 2.24) is 0 Å².